The van der Waals surface area contributed by atoms with Gasteiger partial charge in [-0.05, 0) is 42.0 Å². The first-order valence-electron chi connectivity index (χ1n) is 8.37. The van der Waals surface area contributed by atoms with Crippen LogP contribution in [0, 0.1) is 5.41 Å². The second kappa shape index (κ2) is 6.93. The van der Waals surface area contributed by atoms with Gasteiger partial charge in [0.25, 0.3) is 5.91 Å². The zero-order valence-corrected chi connectivity index (χ0v) is 15.4. The van der Waals surface area contributed by atoms with Gasteiger partial charge in [-0.3, -0.25) is 10.2 Å². The fraction of sp³-hybridized carbons (Fsp3) is 0.105. The molecule has 0 saturated carbocycles. The number of hydrogen-bond acceptors (Lipinski definition) is 7. The molecule has 1 aromatic heterocycles. The lowest BCUT2D eigenvalue weighted by atomic mass is 10.1. The number of rotatable bonds is 4. The van der Waals surface area contributed by atoms with E-state index in [1.165, 1.54) is 35.0 Å². The molecule has 2 aromatic rings. The zero-order valence-electron chi connectivity index (χ0n) is 14.6. The van der Waals surface area contributed by atoms with Crippen molar-refractivity contribution in [3.63, 3.8) is 0 Å². The molecule has 1 N–H and O–H groups in total. The van der Waals surface area contributed by atoms with Crippen LogP contribution in [0.1, 0.15) is 29.5 Å². The minimum Gasteiger partial charge on any atom is -0.545 e. The predicted molar refractivity (Wildman–Crippen MR) is 104 cm³/mol. The lowest BCUT2D eigenvalue weighted by molar-refractivity contribution is -0.255. The Morgan fingerprint density at radius 2 is 2.04 bits per heavy atom. The van der Waals surface area contributed by atoms with Gasteiger partial charge in [-0.15, -0.1) is 0 Å². The van der Waals surface area contributed by atoms with Crippen LogP contribution in [-0.2, 0) is 4.79 Å². The maximum absolute atomic E-state index is 12.3. The molecule has 0 aliphatic carbocycles. The van der Waals surface area contributed by atoms with E-state index >= 15 is 0 Å². The van der Waals surface area contributed by atoms with Crippen LogP contribution in [0.15, 0.2) is 56.5 Å². The number of carbonyl (C=O) groups is 2. The number of nitrogens with one attached hydrogen (secondary N) is 1. The SMILES string of the molecule is CCC1=NN2C(=N)/C(=C/c3ccc(-c4ccc(C(=O)[O-])cc4)o3)C(=O)N=C2S1. The molecule has 3 heterocycles. The number of aliphatic imine (C=N–C) groups is 1. The molecule has 2 aliphatic rings. The number of hydrogen-bond donors (Lipinski definition) is 1. The highest BCUT2D eigenvalue weighted by atomic mass is 32.2. The van der Waals surface area contributed by atoms with Crippen molar-refractivity contribution in [3.8, 4) is 11.3 Å². The quantitative estimate of drug-likeness (QED) is 0.796. The average Bonchev–Trinajstić information content (AvgIpc) is 3.32. The number of carboxylic acid groups (broad SMARTS) is 1. The van der Waals surface area contributed by atoms with E-state index in [0.717, 1.165) is 5.04 Å². The summed E-state index contributed by atoms with van der Waals surface area (Å²) in [6.07, 6.45) is 2.15. The van der Waals surface area contributed by atoms with Crippen molar-refractivity contribution in [3.05, 3.63) is 53.3 Å². The van der Waals surface area contributed by atoms with Crippen LogP contribution in [0.2, 0.25) is 0 Å². The Hall–Kier alpha value is -3.46. The summed E-state index contributed by atoms with van der Waals surface area (Å²) < 4.78 is 5.73. The van der Waals surface area contributed by atoms with Crippen LogP contribution in [0.25, 0.3) is 17.4 Å². The summed E-state index contributed by atoms with van der Waals surface area (Å²) in [7, 11) is 0. The third-order valence-electron chi connectivity index (χ3n) is 4.12. The highest BCUT2D eigenvalue weighted by Crippen LogP contribution is 2.30. The molecule has 8 nitrogen and oxygen atoms in total. The van der Waals surface area contributed by atoms with Crippen LogP contribution in [-0.4, -0.2) is 32.9 Å². The van der Waals surface area contributed by atoms with Crippen molar-refractivity contribution in [2.24, 2.45) is 10.1 Å². The van der Waals surface area contributed by atoms with Crippen LogP contribution in [0.4, 0.5) is 0 Å². The molecule has 0 radical (unpaired) electrons. The number of amidine groups is 2. The molecule has 1 aromatic carbocycles. The number of carboxylic acids is 1. The van der Waals surface area contributed by atoms with Gasteiger partial charge in [0, 0.05) is 5.56 Å². The van der Waals surface area contributed by atoms with Gasteiger partial charge in [0.05, 0.1) is 11.5 Å². The lowest BCUT2D eigenvalue weighted by Gasteiger charge is -2.19. The molecule has 1 amide bonds. The highest BCUT2D eigenvalue weighted by molar-refractivity contribution is 8.26. The third-order valence-corrected chi connectivity index (χ3v) is 5.17. The number of hydrazone groups is 1. The number of aromatic carboxylic acids is 1. The van der Waals surface area contributed by atoms with Crippen LogP contribution >= 0.6 is 11.8 Å². The van der Waals surface area contributed by atoms with Gasteiger partial charge < -0.3 is 14.3 Å². The molecule has 0 saturated heterocycles. The summed E-state index contributed by atoms with van der Waals surface area (Å²) in [5.41, 5.74) is 0.829. The van der Waals surface area contributed by atoms with Gasteiger partial charge in [-0.2, -0.15) is 15.1 Å². The molecule has 0 unspecified atom stereocenters. The maximum Gasteiger partial charge on any atom is 0.283 e. The van der Waals surface area contributed by atoms with E-state index in [9.17, 15) is 14.7 Å². The van der Waals surface area contributed by atoms with Crippen molar-refractivity contribution in [1.29, 1.82) is 5.41 Å². The molecule has 0 spiro atoms. The maximum atomic E-state index is 12.3. The topological polar surface area (TPSA) is 122 Å². The fourth-order valence-corrected chi connectivity index (χ4v) is 3.50. The van der Waals surface area contributed by atoms with Gasteiger partial charge in [-0.1, -0.05) is 31.2 Å². The van der Waals surface area contributed by atoms with E-state index in [-0.39, 0.29) is 17.0 Å². The minimum atomic E-state index is -1.25. The van der Waals surface area contributed by atoms with E-state index < -0.39 is 11.9 Å². The summed E-state index contributed by atoms with van der Waals surface area (Å²) >= 11 is 1.28. The first kappa shape index (κ1) is 17.9. The lowest BCUT2D eigenvalue weighted by Crippen LogP contribution is -2.35. The van der Waals surface area contributed by atoms with Gasteiger partial charge in [-0.25, -0.2) is 0 Å². The summed E-state index contributed by atoms with van der Waals surface area (Å²) in [5, 5.41) is 25.9. The number of carbonyl (C=O) groups excluding carboxylic acids is 2. The van der Waals surface area contributed by atoms with Gasteiger partial charge in [0.1, 0.15) is 16.6 Å². The van der Waals surface area contributed by atoms with Crippen LogP contribution in [0.5, 0.6) is 0 Å². The molecular formula is C19H13N4O4S-. The minimum absolute atomic E-state index is 0.0535. The summed E-state index contributed by atoms with van der Waals surface area (Å²) in [6, 6.07) is 9.42. The number of benzene rings is 1. The summed E-state index contributed by atoms with van der Waals surface area (Å²) in [5.74, 6) is -0.953. The molecule has 0 bridgehead atoms. The van der Waals surface area contributed by atoms with Crippen LogP contribution in [0.3, 0.4) is 0 Å². The highest BCUT2D eigenvalue weighted by Gasteiger charge is 2.35. The second-order valence-electron chi connectivity index (χ2n) is 5.93. The van der Waals surface area contributed by atoms with Gasteiger partial charge >= 0.3 is 0 Å². The van der Waals surface area contributed by atoms with Gasteiger partial charge in [0.2, 0.25) is 5.17 Å². The van der Waals surface area contributed by atoms with Crippen molar-refractivity contribution < 1.29 is 19.1 Å². The molecular weight excluding hydrogens is 380 g/mol. The zero-order chi connectivity index (χ0) is 19.8. The van der Waals surface area contributed by atoms with Crippen molar-refractivity contribution in [2.45, 2.75) is 13.3 Å². The number of amides is 1. The van der Waals surface area contributed by atoms with Crippen molar-refractivity contribution in [1.82, 2.24) is 5.01 Å². The van der Waals surface area contributed by atoms with E-state index in [1.807, 2.05) is 6.92 Å². The average molecular weight is 393 g/mol. The Bertz CT molecular complexity index is 1100. The van der Waals surface area contributed by atoms with E-state index in [2.05, 4.69) is 10.1 Å². The van der Waals surface area contributed by atoms with Crippen molar-refractivity contribution >= 4 is 45.8 Å². The van der Waals surface area contributed by atoms with Crippen LogP contribution < -0.4 is 5.11 Å². The smallest absolute Gasteiger partial charge is 0.283 e. The largest absolute Gasteiger partial charge is 0.545 e. The standard InChI is InChI=1S/C19H14N4O4S/c1-2-15-22-23-16(20)13(17(24)21-19(23)28-15)9-12-7-8-14(27-12)10-3-5-11(6-4-10)18(25)26/h3-9,20H,2H2,1H3,(H,25,26)/p-1/b13-9-,20-16?. The number of nitrogens with zero attached hydrogens (tertiary/aromatic N) is 3. The summed E-state index contributed by atoms with van der Waals surface area (Å²) in [6.45, 7) is 1.94. The molecule has 4 rings (SSSR count). The molecule has 2 aliphatic heterocycles. The normalized spacial score (nSPS) is 17.6. The Balaban J connectivity index is 1.62. The van der Waals surface area contributed by atoms with Gasteiger partial charge in [0.15, 0.2) is 5.84 Å². The monoisotopic (exact) mass is 393 g/mol. The Labute approximate surface area is 163 Å². The molecule has 0 atom stereocenters. The molecule has 28 heavy (non-hydrogen) atoms. The number of furan rings is 1. The van der Waals surface area contributed by atoms with E-state index in [0.29, 0.717) is 28.7 Å². The first-order valence-corrected chi connectivity index (χ1v) is 9.18. The van der Waals surface area contributed by atoms with E-state index in [4.69, 9.17) is 9.83 Å². The second-order valence-corrected chi connectivity index (χ2v) is 6.97. The Morgan fingerprint density at radius 3 is 2.71 bits per heavy atom. The Kier molecular flexibility index (Phi) is 4.44. The van der Waals surface area contributed by atoms with Crippen molar-refractivity contribution in [2.75, 3.05) is 0 Å². The molecule has 140 valence electrons. The number of fused-ring (bicyclic) bond motifs is 1. The predicted octanol–water partition coefficient (Wildman–Crippen LogP) is 2.34. The summed E-state index contributed by atoms with van der Waals surface area (Å²) in [4.78, 5) is 27.2. The molecule has 9 heteroatoms. The molecule has 0 fully saturated rings. The fourth-order valence-electron chi connectivity index (χ4n) is 2.67. The first-order chi connectivity index (χ1) is 13.5. The third kappa shape index (κ3) is 3.16. The Morgan fingerprint density at radius 1 is 1.29 bits per heavy atom. The number of thioether (sulfide) groups is 1. The van der Waals surface area contributed by atoms with E-state index in [1.54, 1.807) is 24.3 Å².